The maximum atomic E-state index is 11.7. The molecule has 0 heterocycles. The van der Waals surface area contributed by atoms with Crippen molar-refractivity contribution >= 4 is 6.09 Å². The molecule has 0 saturated carbocycles. The number of phenols is 1. The number of nitrogens with one attached hydrogen (secondary N) is 1. The van der Waals surface area contributed by atoms with E-state index in [1.54, 1.807) is 18.2 Å². The van der Waals surface area contributed by atoms with Crippen LogP contribution in [0.15, 0.2) is 54.6 Å². The molecule has 0 saturated heterocycles. The number of carbonyl (C=O) groups is 1. The van der Waals surface area contributed by atoms with E-state index in [4.69, 9.17) is 4.74 Å². The van der Waals surface area contributed by atoms with E-state index >= 15 is 0 Å². The van der Waals surface area contributed by atoms with Gasteiger partial charge in [-0.05, 0) is 30.2 Å². The van der Waals surface area contributed by atoms with E-state index in [0.29, 0.717) is 0 Å². The number of benzene rings is 2. The zero-order chi connectivity index (χ0) is 14.4. The molecular weight excluding hydrogens is 254 g/mol. The molecule has 0 aliphatic rings. The third-order valence-electron chi connectivity index (χ3n) is 2.92. The molecule has 104 valence electrons. The Morgan fingerprint density at radius 3 is 2.65 bits per heavy atom. The summed E-state index contributed by atoms with van der Waals surface area (Å²) in [4.78, 5) is 11.7. The molecule has 2 aromatic carbocycles. The number of rotatable bonds is 4. The van der Waals surface area contributed by atoms with E-state index in [9.17, 15) is 9.90 Å². The summed E-state index contributed by atoms with van der Waals surface area (Å²) in [5.41, 5.74) is 1.76. The standard InChI is InChI=1S/C16H17NO3/c1-12(14-8-5-9-15(18)10-14)17-16(19)20-11-13-6-3-2-4-7-13/h2-10,12,18H,11H2,1H3,(H,17,19). The van der Waals surface area contributed by atoms with Gasteiger partial charge in [0.15, 0.2) is 0 Å². The van der Waals surface area contributed by atoms with Crippen molar-refractivity contribution in [2.75, 3.05) is 0 Å². The monoisotopic (exact) mass is 271 g/mol. The molecule has 1 atom stereocenters. The molecule has 1 amide bonds. The van der Waals surface area contributed by atoms with Crippen molar-refractivity contribution in [3.05, 3.63) is 65.7 Å². The second-order valence-corrected chi connectivity index (χ2v) is 4.52. The SMILES string of the molecule is CC(NC(=O)OCc1ccccc1)c1cccc(O)c1. The summed E-state index contributed by atoms with van der Waals surface area (Å²) >= 11 is 0. The van der Waals surface area contributed by atoms with Crippen LogP contribution in [0.2, 0.25) is 0 Å². The molecule has 20 heavy (non-hydrogen) atoms. The average molecular weight is 271 g/mol. The second-order valence-electron chi connectivity index (χ2n) is 4.52. The molecule has 2 N–H and O–H groups in total. The first-order chi connectivity index (χ1) is 9.65. The van der Waals surface area contributed by atoms with Gasteiger partial charge in [-0.15, -0.1) is 0 Å². The minimum absolute atomic E-state index is 0.175. The van der Waals surface area contributed by atoms with Gasteiger partial charge in [-0.25, -0.2) is 4.79 Å². The van der Waals surface area contributed by atoms with Crippen LogP contribution in [0.4, 0.5) is 4.79 Å². The first-order valence-electron chi connectivity index (χ1n) is 6.41. The van der Waals surface area contributed by atoms with Gasteiger partial charge in [0.25, 0.3) is 0 Å². The van der Waals surface area contributed by atoms with E-state index in [-0.39, 0.29) is 18.4 Å². The Hall–Kier alpha value is -2.49. The molecule has 0 fully saturated rings. The van der Waals surface area contributed by atoms with Crippen molar-refractivity contribution in [3.63, 3.8) is 0 Å². The van der Waals surface area contributed by atoms with Gasteiger partial charge in [0, 0.05) is 0 Å². The minimum Gasteiger partial charge on any atom is -0.508 e. The lowest BCUT2D eigenvalue weighted by Crippen LogP contribution is -2.27. The van der Waals surface area contributed by atoms with Crippen LogP contribution in [0.25, 0.3) is 0 Å². The predicted octanol–water partition coefficient (Wildman–Crippen LogP) is 3.38. The Labute approximate surface area is 118 Å². The van der Waals surface area contributed by atoms with E-state index in [0.717, 1.165) is 11.1 Å². The van der Waals surface area contributed by atoms with Crippen LogP contribution in [0.1, 0.15) is 24.1 Å². The molecule has 0 aliphatic carbocycles. The van der Waals surface area contributed by atoms with Gasteiger partial charge in [0.05, 0.1) is 6.04 Å². The first kappa shape index (κ1) is 13.9. The molecule has 0 aliphatic heterocycles. The van der Waals surface area contributed by atoms with Crippen LogP contribution in [0.5, 0.6) is 5.75 Å². The van der Waals surface area contributed by atoms with Crippen LogP contribution in [0.3, 0.4) is 0 Å². The van der Waals surface area contributed by atoms with Gasteiger partial charge >= 0.3 is 6.09 Å². The molecule has 0 radical (unpaired) electrons. The van der Waals surface area contributed by atoms with Crippen LogP contribution in [-0.4, -0.2) is 11.2 Å². The van der Waals surface area contributed by atoms with Crippen LogP contribution < -0.4 is 5.32 Å². The third kappa shape index (κ3) is 4.02. The number of amides is 1. The molecular formula is C16H17NO3. The Morgan fingerprint density at radius 2 is 1.95 bits per heavy atom. The van der Waals surface area contributed by atoms with Crippen molar-refractivity contribution < 1.29 is 14.6 Å². The predicted molar refractivity (Wildman–Crippen MR) is 76.3 cm³/mol. The van der Waals surface area contributed by atoms with Gasteiger partial charge in [-0.1, -0.05) is 42.5 Å². The summed E-state index contributed by atoms with van der Waals surface area (Å²) in [6.45, 7) is 2.07. The van der Waals surface area contributed by atoms with Crippen LogP contribution in [-0.2, 0) is 11.3 Å². The van der Waals surface area contributed by atoms with Crippen molar-refractivity contribution in [2.24, 2.45) is 0 Å². The lowest BCUT2D eigenvalue weighted by molar-refractivity contribution is 0.136. The summed E-state index contributed by atoms with van der Waals surface area (Å²) in [6, 6.07) is 16.0. The Kier molecular flexibility index (Phi) is 4.60. The summed E-state index contributed by atoms with van der Waals surface area (Å²) in [6.07, 6.45) is -0.482. The van der Waals surface area contributed by atoms with E-state index < -0.39 is 6.09 Å². The molecule has 2 aromatic rings. The average Bonchev–Trinajstić information content (AvgIpc) is 2.46. The highest BCUT2D eigenvalue weighted by molar-refractivity contribution is 5.67. The van der Waals surface area contributed by atoms with Crippen molar-refractivity contribution in [1.82, 2.24) is 5.32 Å². The number of aromatic hydroxyl groups is 1. The normalized spacial score (nSPS) is 11.7. The Balaban J connectivity index is 1.85. The largest absolute Gasteiger partial charge is 0.508 e. The van der Waals surface area contributed by atoms with Crippen molar-refractivity contribution in [2.45, 2.75) is 19.6 Å². The number of hydrogen-bond acceptors (Lipinski definition) is 3. The second kappa shape index (κ2) is 6.61. The van der Waals surface area contributed by atoms with Crippen LogP contribution in [0, 0.1) is 0 Å². The van der Waals surface area contributed by atoms with Gasteiger partial charge in [-0.3, -0.25) is 0 Å². The molecule has 4 heteroatoms. The number of alkyl carbamates (subject to hydrolysis) is 1. The summed E-state index contributed by atoms with van der Waals surface area (Å²) in [5, 5.41) is 12.1. The molecule has 0 spiro atoms. The highest BCUT2D eigenvalue weighted by atomic mass is 16.5. The quantitative estimate of drug-likeness (QED) is 0.896. The molecule has 0 bridgehead atoms. The van der Waals surface area contributed by atoms with Gasteiger partial charge in [-0.2, -0.15) is 0 Å². The van der Waals surface area contributed by atoms with E-state index in [1.165, 1.54) is 0 Å². The minimum atomic E-state index is -0.482. The summed E-state index contributed by atoms with van der Waals surface area (Å²) in [5.74, 6) is 0.175. The van der Waals surface area contributed by atoms with E-state index in [2.05, 4.69) is 5.32 Å². The highest BCUT2D eigenvalue weighted by Gasteiger charge is 2.10. The zero-order valence-corrected chi connectivity index (χ0v) is 11.2. The Morgan fingerprint density at radius 1 is 1.20 bits per heavy atom. The number of hydrogen-bond donors (Lipinski definition) is 2. The van der Waals surface area contributed by atoms with Gasteiger partial charge < -0.3 is 15.2 Å². The Bertz CT molecular complexity index is 569. The number of phenolic OH excluding ortho intramolecular Hbond substituents is 1. The molecule has 0 aromatic heterocycles. The maximum Gasteiger partial charge on any atom is 0.407 e. The molecule has 1 unspecified atom stereocenters. The highest BCUT2D eigenvalue weighted by Crippen LogP contribution is 2.17. The fourth-order valence-electron chi connectivity index (χ4n) is 1.82. The third-order valence-corrected chi connectivity index (χ3v) is 2.92. The van der Waals surface area contributed by atoms with E-state index in [1.807, 2.05) is 43.3 Å². The summed E-state index contributed by atoms with van der Waals surface area (Å²) in [7, 11) is 0. The number of carbonyl (C=O) groups excluding carboxylic acids is 1. The van der Waals surface area contributed by atoms with Crippen LogP contribution >= 0.6 is 0 Å². The zero-order valence-electron chi connectivity index (χ0n) is 11.2. The van der Waals surface area contributed by atoms with Gasteiger partial charge in [0.2, 0.25) is 0 Å². The molecule has 4 nitrogen and oxygen atoms in total. The first-order valence-corrected chi connectivity index (χ1v) is 6.41. The number of ether oxygens (including phenoxy) is 1. The van der Waals surface area contributed by atoms with Crippen molar-refractivity contribution in [3.8, 4) is 5.75 Å². The van der Waals surface area contributed by atoms with Gasteiger partial charge in [0.1, 0.15) is 12.4 Å². The lowest BCUT2D eigenvalue weighted by atomic mass is 10.1. The lowest BCUT2D eigenvalue weighted by Gasteiger charge is -2.14. The maximum absolute atomic E-state index is 11.7. The fraction of sp³-hybridized carbons (Fsp3) is 0.188. The topological polar surface area (TPSA) is 58.6 Å². The van der Waals surface area contributed by atoms with Crippen molar-refractivity contribution in [1.29, 1.82) is 0 Å². The smallest absolute Gasteiger partial charge is 0.407 e. The summed E-state index contributed by atoms with van der Waals surface area (Å²) < 4.78 is 5.14. The fourth-order valence-corrected chi connectivity index (χ4v) is 1.82. The molecule has 2 rings (SSSR count).